The molecule has 3 heteroatoms. The lowest BCUT2D eigenvalue weighted by Gasteiger charge is -2.19. The van der Waals surface area contributed by atoms with Gasteiger partial charge in [0.05, 0.1) is 12.3 Å². The van der Waals surface area contributed by atoms with Crippen LogP contribution in [0.3, 0.4) is 0 Å². The summed E-state index contributed by atoms with van der Waals surface area (Å²) in [5, 5.41) is 19.1. The zero-order valence-corrected chi connectivity index (χ0v) is 9.78. The van der Waals surface area contributed by atoms with Gasteiger partial charge >= 0.3 is 0 Å². The third-order valence-electron chi connectivity index (χ3n) is 3.02. The minimum absolute atomic E-state index is 0.127. The smallest absolute Gasteiger partial charge is 0.142 e. The second-order valence-corrected chi connectivity index (χ2v) is 4.32. The van der Waals surface area contributed by atoms with Crippen LogP contribution in [-0.4, -0.2) is 15.2 Å². The Morgan fingerprint density at radius 3 is 2.40 bits per heavy atom. The Hall–Kier alpha value is -1.09. The van der Waals surface area contributed by atoms with E-state index in [1.165, 1.54) is 0 Å². The second-order valence-electron chi connectivity index (χ2n) is 4.32. The number of nitrogens with zero attached hydrogens (tertiary/aromatic N) is 1. The monoisotopic (exact) mass is 209 g/mol. The van der Waals surface area contributed by atoms with Crippen molar-refractivity contribution in [3.05, 3.63) is 23.0 Å². The van der Waals surface area contributed by atoms with E-state index in [2.05, 4.69) is 25.8 Å². The molecule has 0 saturated heterocycles. The van der Waals surface area contributed by atoms with Crippen molar-refractivity contribution in [2.75, 3.05) is 0 Å². The third-order valence-corrected chi connectivity index (χ3v) is 3.02. The molecule has 0 amide bonds. The standard InChI is InChI=1S/C12H19NO2/c1-7(2)8(3)10-5-13-9(4)12(15)11(10)6-14/h5,7-8,14-15H,6H2,1-4H3. The number of pyridine rings is 1. The molecule has 0 aliphatic heterocycles. The van der Waals surface area contributed by atoms with Crippen molar-refractivity contribution in [3.63, 3.8) is 0 Å². The Morgan fingerprint density at radius 1 is 1.33 bits per heavy atom. The van der Waals surface area contributed by atoms with Crippen LogP contribution in [0.4, 0.5) is 0 Å². The van der Waals surface area contributed by atoms with Crippen LogP contribution in [0.2, 0.25) is 0 Å². The van der Waals surface area contributed by atoms with Crippen molar-refractivity contribution in [2.24, 2.45) is 5.92 Å². The van der Waals surface area contributed by atoms with E-state index in [0.29, 0.717) is 17.2 Å². The average Bonchev–Trinajstić information content (AvgIpc) is 2.20. The molecule has 0 saturated carbocycles. The van der Waals surface area contributed by atoms with Crippen LogP contribution < -0.4 is 0 Å². The largest absolute Gasteiger partial charge is 0.506 e. The predicted octanol–water partition coefficient (Wildman–Crippen LogP) is 2.35. The first-order valence-corrected chi connectivity index (χ1v) is 5.27. The molecule has 0 fully saturated rings. The summed E-state index contributed by atoms with van der Waals surface area (Å²) in [6.45, 7) is 7.90. The zero-order valence-electron chi connectivity index (χ0n) is 9.78. The molecule has 1 aromatic heterocycles. The minimum Gasteiger partial charge on any atom is -0.506 e. The second kappa shape index (κ2) is 4.62. The predicted molar refractivity (Wildman–Crippen MR) is 59.8 cm³/mol. The molecule has 1 aromatic rings. The van der Waals surface area contributed by atoms with Gasteiger partial charge in [-0.05, 0) is 24.3 Å². The van der Waals surface area contributed by atoms with Crippen molar-refractivity contribution < 1.29 is 10.2 Å². The lowest BCUT2D eigenvalue weighted by atomic mass is 9.88. The molecule has 0 radical (unpaired) electrons. The maximum Gasteiger partial charge on any atom is 0.142 e. The van der Waals surface area contributed by atoms with E-state index in [9.17, 15) is 10.2 Å². The van der Waals surface area contributed by atoms with Crippen molar-refractivity contribution in [3.8, 4) is 5.75 Å². The molecule has 1 heterocycles. The average molecular weight is 209 g/mol. The first-order valence-electron chi connectivity index (χ1n) is 5.27. The molecule has 0 aliphatic carbocycles. The van der Waals surface area contributed by atoms with Gasteiger partial charge in [-0.1, -0.05) is 20.8 Å². The molecule has 0 aliphatic rings. The van der Waals surface area contributed by atoms with Gasteiger partial charge in [0.2, 0.25) is 0 Å². The quantitative estimate of drug-likeness (QED) is 0.803. The number of aliphatic hydroxyl groups excluding tert-OH is 1. The highest BCUT2D eigenvalue weighted by atomic mass is 16.3. The first kappa shape index (κ1) is 12.0. The molecular formula is C12H19NO2. The summed E-state index contributed by atoms with van der Waals surface area (Å²) in [6.07, 6.45) is 1.76. The Labute approximate surface area is 90.8 Å². The summed E-state index contributed by atoms with van der Waals surface area (Å²) in [7, 11) is 0. The summed E-state index contributed by atoms with van der Waals surface area (Å²) >= 11 is 0. The fourth-order valence-corrected chi connectivity index (χ4v) is 1.58. The van der Waals surface area contributed by atoms with Crippen LogP contribution in [0.1, 0.15) is 43.5 Å². The Morgan fingerprint density at radius 2 is 1.93 bits per heavy atom. The van der Waals surface area contributed by atoms with Crippen molar-refractivity contribution in [1.82, 2.24) is 4.98 Å². The van der Waals surface area contributed by atoms with Crippen LogP contribution >= 0.6 is 0 Å². The van der Waals surface area contributed by atoms with E-state index < -0.39 is 0 Å². The van der Waals surface area contributed by atoms with Crippen LogP contribution in [0.5, 0.6) is 5.75 Å². The van der Waals surface area contributed by atoms with Crippen LogP contribution in [0.25, 0.3) is 0 Å². The summed E-state index contributed by atoms with van der Waals surface area (Å²) < 4.78 is 0. The van der Waals surface area contributed by atoms with Gasteiger partial charge in [-0.25, -0.2) is 0 Å². The number of aromatic nitrogens is 1. The molecule has 1 unspecified atom stereocenters. The van der Waals surface area contributed by atoms with E-state index in [1.807, 2.05) is 0 Å². The third kappa shape index (κ3) is 2.29. The number of aliphatic hydroxyl groups is 1. The van der Waals surface area contributed by atoms with E-state index in [1.54, 1.807) is 13.1 Å². The van der Waals surface area contributed by atoms with E-state index in [4.69, 9.17) is 0 Å². The first-order chi connectivity index (χ1) is 6.99. The SMILES string of the molecule is Cc1ncc(C(C)C(C)C)c(CO)c1O. The molecule has 0 aromatic carbocycles. The van der Waals surface area contributed by atoms with Crippen molar-refractivity contribution in [1.29, 1.82) is 0 Å². The fraction of sp³-hybridized carbons (Fsp3) is 0.583. The molecule has 84 valence electrons. The van der Waals surface area contributed by atoms with E-state index in [0.717, 1.165) is 5.56 Å². The lowest BCUT2D eigenvalue weighted by molar-refractivity contribution is 0.272. The molecule has 2 N–H and O–H groups in total. The van der Waals surface area contributed by atoms with Gasteiger partial charge in [0, 0.05) is 11.8 Å². The minimum atomic E-state index is -0.137. The highest BCUT2D eigenvalue weighted by Crippen LogP contribution is 2.32. The molecule has 1 rings (SSSR count). The molecule has 0 spiro atoms. The number of rotatable bonds is 3. The number of hydrogen-bond acceptors (Lipinski definition) is 3. The topological polar surface area (TPSA) is 53.4 Å². The number of aromatic hydroxyl groups is 1. The van der Waals surface area contributed by atoms with Gasteiger partial charge in [-0.2, -0.15) is 0 Å². The molecular weight excluding hydrogens is 190 g/mol. The number of hydrogen-bond donors (Lipinski definition) is 2. The van der Waals surface area contributed by atoms with Gasteiger partial charge in [-0.15, -0.1) is 0 Å². The van der Waals surface area contributed by atoms with Crippen LogP contribution in [0, 0.1) is 12.8 Å². The highest BCUT2D eigenvalue weighted by Gasteiger charge is 2.18. The maximum absolute atomic E-state index is 9.79. The molecule has 3 nitrogen and oxygen atoms in total. The summed E-state index contributed by atoms with van der Waals surface area (Å²) in [4.78, 5) is 4.13. The van der Waals surface area contributed by atoms with E-state index in [-0.39, 0.29) is 18.3 Å². The number of aryl methyl sites for hydroxylation is 1. The maximum atomic E-state index is 9.79. The molecule has 15 heavy (non-hydrogen) atoms. The molecule has 1 atom stereocenters. The van der Waals surface area contributed by atoms with Gasteiger partial charge in [-0.3, -0.25) is 4.98 Å². The Balaban J connectivity index is 3.24. The van der Waals surface area contributed by atoms with Gasteiger partial charge < -0.3 is 10.2 Å². The lowest BCUT2D eigenvalue weighted by Crippen LogP contribution is -2.07. The summed E-state index contributed by atoms with van der Waals surface area (Å²) in [5.74, 6) is 0.868. The highest BCUT2D eigenvalue weighted by molar-refractivity contribution is 5.41. The van der Waals surface area contributed by atoms with E-state index >= 15 is 0 Å². The summed E-state index contributed by atoms with van der Waals surface area (Å²) in [6, 6.07) is 0. The zero-order chi connectivity index (χ0) is 11.6. The Bertz CT molecular complexity index is 348. The molecule has 0 bridgehead atoms. The Kier molecular flexibility index (Phi) is 3.69. The van der Waals surface area contributed by atoms with Gasteiger partial charge in [0.15, 0.2) is 0 Å². The normalized spacial score (nSPS) is 13.2. The summed E-state index contributed by atoms with van der Waals surface area (Å²) in [5.41, 5.74) is 2.12. The van der Waals surface area contributed by atoms with Gasteiger partial charge in [0.1, 0.15) is 5.75 Å². The van der Waals surface area contributed by atoms with Crippen LogP contribution in [0.15, 0.2) is 6.20 Å². The van der Waals surface area contributed by atoms with Gasteiger partial charge in [0.25, 0.3) is 0 Å². The van der Waals surface area contributed by atoms with Crippen molar-refractivity contribution >= 4 is 0 Å². The van der Waals surface area contributed by atoms with Crippen molar-refractivity contribution in [2.45, 2.75) is 40.2 Å². The van der Waals surface area contributed by atoms with Crippen LogP contribution in [-0.2, 0) is 6.61 Å². The fourth-order valence-electron chi connectivity index (χ4n) is 1.58.